The molecular formula is C13H9N7O2. The molecule has 0 amide bonds. The van der Waals surface area contributed by atoms with Gasteiger partial charge in [0.1, 0.15) is 5.52 Å². The van der Waals surface area contributed by atoms with E-state index in [1.165, 1.54) is 12.4 Å². The van der Waals surface area contributed by atoms with E-state index in [0.29, 0.717) is 5.65 Å². The van der Waals surface area contributed by atoms with E-state index < -0.39 is 11.2 Å². The molecule has 9 nitrogen and oxygen atoms in total. The van der Waals surface area contributed by atoms with Crippen molar-refractivity contribution in [2.24, 2.45) is 0 Å². The SMILES string of the molecule is O=c1[nH]c(=O)c2nccnc2[nH]1.c1cnc2nccnc2c1. The third-order valence-corrected chi connectivity index (χ3v) is 2.62. The Hall–Kier alpha value is -3.49. The van der Waals surface area contributed by atoms with Gasteiger partial charge in [-0.1, -0.05) is 0 Å². The second kappa shape index (κ2) is 5.87. The van der Waals surface area contributed by atoms with E-state index in [-0.39, 0.29) is 11.2 Å². The summed E-state index contributed by atoms with van der Waals surface area (Å²) in [5, 5.41) is 0. The first-order valence-corrected chi connectivity index (χ1v) is 6.19. The second-order valence-electron chi connectivity index (χ2n) is 4.06. The number of aromatic nitrogens is 7. The van der Waals surface area contributed by atoms with Crippen LogP contribution in [0.3, 0.4) is 0 Å². The van der Waals surface area contributed by atoms with Crippen LogP contribution in [-0.2, 0) is 0 Å². The van der Waals surface area contributed by atoms with Gasteiger partial charge in [0.15, 0.2) is 16.8 Å². The number of nitrogens with one attached hydrogen (secondary N) is 2. The fraction of sp³-hybridized carbons (Fsp3) is 0. The molecule has 0 radical (unpaired) electrons. The largest absolute Gasteiger partial charge is 0.327 e. The van der Waals surface area contributed by atoms with Crippen LogP contribution in [0.25, 0.3) is 22.3 Å². The van der Waals surface area contributed by atoms with Gasteiger partial charge >= 0.3 is 5.69 Å². The smallest absolute Gasteiger partial charge is 0.290 e. The third-order valence-electron chi connectivity index (χ3n) is 2.62. The number of H-pyrrole nitrogens is 2. The average Bonchev–Trinajstić information content (AvgIpc) is 2.55. The molecule has 0 saturated carbocycles. The van der Waals surface area contributed by atoms with Gasteiger partial charge in [0.05, 0.1) is 0 Å². The zero-order valence-electron chi connectivity index (χ0n) is 11.1. The molecule has 0 aliphatic carbocycles. The van der Waals surface area contributed by atoms with Crippen molar-refractivity contribution in [1.29, 1.82) is 0 Å². The van der Waals surface area contributed by atoms with Crippen molar-refractivity contribution < 1.29 is 0 Å². The fourth-order valence-corrected chi connectivity index (χ4v) is 1.70. The zero-order chi connectivity index (χ0) is 15.4. The Kier molecular flexibility index (Phi) is 3.60. The number of hydrogen-bond donors (Lipinski definition) is 2. The van der Waals surface area contributed by atoms with E-state index in [2.05, 4.69) is 29.9 Å². The van der Waals surface area contributed by atoms with Crippen molar-refractivity contribution in [2.45, 2.75) is 0 Å². The van der Waals surface area contributed by atoms with E-state index in [4.69, 9.17) is 0 Å². The highest BCUT2D eigenvalue weighted by molar-refractivity contribution is 5.68. The Morgan fingerprint density at radius 1 is 0.773 bits per heavy atom. The molecule has 108 valence electrons. The molecule has 4 heterocycles. The molecule has 0 saturated heterocycles. The lowest BCUT2D eigenvalue weighted by molar-refractivity contribution is 1.04. The lowest BCUT2D eigenvalue weighted by Crippen LogP contribution is -2.22. The van der Waals surface area contributed by atoms with Gasteiger partial charge in [-0.15, -0.1) is 0 Å². The lowest BCUT2D eigenvalue weighted by atomic mass is 10.4. The minimum atomic E-state index is -0.576. The molecule has 0 bridgehead atoms. The van der Waals surface area contributed by atoms with E-state index in [1.54, 1.807) is 18.6 Å². The molecule has 4 rings (SSSR count). The summed E-state index contributed by atoms with van der Waals surface area (Å²) in [6.45, 7) is 0. The average molecular weight is 295 g/mol. The molecule has 2 N–H and O–H groups in total. The number of fused-ring (bicyclic) bond motifs is 2. The summed E-state index contributed by atoms with van der Waals surface area (Å²) in [7, 11) is 0. The predicted octanol–water partition coefficient (Wildman–Crippen LogP) is 0.0312. The van der Waals surface area contributed by atoms with Crippen LogP contribution in [0.2, 0.25) is 0 Å². The Balaban J connectivity index is 0.000000133. The van der Waals surface area contributed by atoms with Gasteiger partial charge < -0.3 is 0 Å². The highest BCUT2D eigenvalue weighted by Crippen LogP contribution is 2.00. The maximum absolute atomic E-state index is 11.0. The molecule has 22 heavy (non-hydrogen) atoms. The summed E-state index contributed by atoms with van der Waals surface area (Å²) < 4.78 is 0. The maximum Gasteiger partial charge on any atom is 0.327 e. The quantitative estimate of drug-likeness (QED) is 0.468. The van der Waals surface area contributed by atoms with Crippen LogP contribution in [0.15, 0.2) is 52.7 Å². The first kappa shape index (κ1) is 13.5. The molecule has 0 unspecified atom stereocenters. The molecule has 0 atom stereocenters. The van der Waals surface area contributed by atoms with Crippen LogP contribution in [-0.4, -0.2) is 34.9 Å². The Morgan fingerprint density at radius 3 is 2.36 bits per heavy atom. The Bertz CT molecular complexity index is 976. The van der Waals surface area contributed by atoms with E-state index in [9.17, 15) is 9.59 Å². The molecule has 9 heteroatoms. The summed E-state index contributed by atoms with van der Waals surface area (Å²) >= 11 is 0. The van der Waals surface area contributed by atoms with E-state index in [1.807, 2.05) is 17.1 Å². The maximum atomic E-state index is 11.0. The summed E-state index contributed by atoms with van der Waals surface area (Å²) in [4.78, 5) is 45.7. The van der Waals surface area contributed by atoms with Gasteiger partial charge in [-0.2, -0.15) is 0 Å². The fourth-order valence-electron chi connectivity index (χ4n) is 1.70. The third kappa shape index (κ3) is 2.82. The van der Waals surface area contributed by atoms with Crippen molar-refractivity contribution >= 4 is 22.3 Å². The number of pyridine rings is 1. The molecule has 4 aromatic rings. The van der Waals surface area contributed by atoms with Crippen LogP contribution < -0.4 is 11.2 Å². The van der Waals surface area contributed by atoms with E-state index >= 15 is 0 Å². The highest BCUT2D eigenvalue weighted by Gasteiger charge is 1.99. The van der Waals surface area contributed by atoms with Crippen LogP contribution in [0.1, 0.15) is 0 Å². The van der Waals surface area contributed by atoms with Crippen molar-refractivity contribution in [3.63, 3.8) is 0 Å². The molecule has 0 aliphatic rings. The first-order valence-electron chi connectivity index (χ1n) is 6.19. The number of hydrogen-bond acceptors (Lipinski definition) is 7. The monoisotopic (exact) mass is 295 g/mol. The van der Waals surface area contributed by atoms with E-state index in [0.717, 1.165) is 5.52 Å². The molecule has 0 fully saturated rings. The van der Waals surface area contributed by atoms with Crippen molar-refractivity contribution in [3.05, 3.63) is 64.0 Å². The van der Waals surface area contributed by atoms with Gasteiger partial charge in [0.25, 0.3) is 5.56 Å². The number of aromatic amines is 2. The Morgan fingerprint density at radius 2 is 1.50 bits per heavy atom. The molecule has 0 aliphatic heterocycles. The van der Waals surface area contributed by atoms with Crippen molar-refractivity contribution in [1.82, 2.24) is 34.9 Å². The van der Waals surface area contributed by atoms with Crippen LogP contribution in [0.5, 0.6) is 0 Å². The molecule has 0 aromatic carbocycles. The van der Waals surface area contributed by atoms with Gasteiger partial charge in [0, 0.05) is 31.0 Å². The van der Waals surface area contributed by atoms with Gasteiger partial charge in [0.2, 0.25) is 0 Å². The summed E-state index contributed by atoms with van der Waals surface area (Å²) in [5.41, 5.74) is 0.771. The van der Waals surface area contributed by atoms with Gasteiger partial charge in [-0.25, -0.2) is 24.7 Å². The zero-order valence-corrected chi connectivity index (χ0v) is 11.1. The van der Waals surface area contributed by atoms with Gasteiger partial charge in [-0.05, 0) is 12.1 Å². The highest BCUT2D eigenvalue weighted by atomic mass is 16.2. The summed E-state index contributed by atoms with van der Waals surface area (Å²) in [6, 6.07) is 3.73. The van der Waals surface area contributed by atoms with Crippen molar-refractivity contribution in [3.8, 4) is 0 Å². The standard InChI is InChI=1S/C7H5N3.C6H4N4O2/c1-2-6-7(9-3-1)10-5-4-8-6;11-5-3-4(8-2-1-7-3)9-6(12)10-5/h1-5H;1-2H,(H2,8,9,10,11,12). The molecule has 4 aromatic heterocycles. The summed E-state index contributed by atoms with van der Waals surface area (Å²) in [5.74, 6) is 0. The lowest BCUT2D eigenvalue weighted by Gasteiger charge is -1.90. The molecular weight excluding hydrogens is 286 g/mol. The minimum Gasteiger partial charge on any atom is -0.290 e. The number of nitrogens with zero attached hydrogens (tertiary/aromatic N) is 5. The van der Waals surface area contributed by atoms with Crippen LogP contribution >= 0.6 is 0 Å². The molecule has 0 spiro atoms. The normalized spacial score (nSPS) is 10.2. The van der Waals surface area contributed by atoms with Gasteiger partial charge in [-0.3, -0.25) is 19.7 Å². The number of rotatable bonds is 0. The predicted molar refractivity (Wildman–Crippen MR) is 78.1 cm³/mol. The van der Waals surface area contributed by atoms with Crippen molar-refractivity contribution in [2.75, 3.05) is 0 Å². The Labute approximate surface area is 122 Å². The van der Waals surface area contributed by atoms with Crippen LogP contribution in [0, 0.1) is 0 Å². The topological polar surface area (TPSA) is 130 Å². The second-order valence-corrected chi connectivity index (χ2v) is 4.06. The first-order chi connectivity index (χ1) is 10.7. The minimum absolute atomic E-state index is 0.136. The summed E-state index contributed by atoms with van der Waals surface area (Å²) in [6.07, 6.45) is 7.78. The van der Waals surface area contributed by atoms with Crippen LogP contribution in [0.4, 0.5) is 0 Å².